The van der Waals surface area contributed by atoms with Crippen LogP contribution in [0.15, 0.2) is 49.1 Å². The summed E-state index contributed by atoms with van der Waals surface area (Å²) in [6.07, 6.45) is 17.0. The van der Waals surface area contributed by atoms with Crippen LogP contribution in [0.3, 0.4) is 0 Å². The molecule has 0 radical (unpaired) electrons. The van der Waals surface area contributed by atoms with Gasteiger partial charge in [0.2, 0.25) is 13.1 Å². The first-order valence-corrected chi connectivity index (χ1v) is 12.1. The second-order valence-corrected chi connectivity index (χ2v) is 8.34. The van der Waals surface area contributed by atoms with Crippen molar-refractivity contribution in [3.8, 4) is 11.1 Å². The van der Waals surface area contributed by atoms with Gasteiger partial charge in [0, 0.05) is 37.4 Å². The maximum Gasteiger partial charge on any atom is 0.285 e. The molecule has 0 aliphatic carbocycles. The van der Waals surface area contributed by atoms with Crippen LogP contribution in [0.4, 0.5) is 0 Å². The summed E-state index contributed by atoms with van der Waals surface area (Å²) in [5.41, 5.74) is 2.16. The van der Waals surface area contributed by atoms with Crippen molar-refractivity contribution in [2.45, 2.75) is 78.3 Å². The molecule has 2 aromatic heterocycles. The number of carbonyl (C=O) groups is 2. The third-order valence-corrected chi connectivity index (χ3v) is 5.47. The molecule has 0 aliphatic heterocycles. The second kappa shape index (κ2) is 15.1. The molecule has 2 rings (SSSR count). The normalized spacial score (nSPS) is 10.7. The fourth-order valence-corrected chi connectivity index (χ4v) is 3.51. The van der Waals surface area contributed by atoms with Gasteiger partial charge < -0.3 is 10.6 Å². The minimum atomic E-state index is 0.0450. The van der Waals surface area contributed by atoms with E-state index in [9.17, 15) is 9.59 Å². The zero-order valence-electron chi connectivity index (χ0n) is 19.8. The highest BCUT2D eigenvalue weighted by Crippen LogP contribution is 2.15. The molecular weight excluding hydrogens is 400 g/mol. The highest BCUT2D eigenvalue weighted by Gasteiger charge is 2.11. The molecule has 0 atom stereocenters. The molecule has 32 heavy (non-hydrogen) atoms. The summed E-state index contributed by atoms with van der Waals surface area (Å²) in [5, 5.41) is 5.97. The van der Waals surface area contributed by atoms with E-state index in [1.807, 2.05) is 58.2 Å². The Morgan fingerprint density at radius 3 is 1.34 bits per heavy atom. The number of rotatable bonds is 15. The van der Waals surface area contributed by atoms with E-state index in [0.717, 1.165) is 37.1 Å². The van der Waals surface area contributed by atoms with E-state index < -0.39 is 0 Å². The average Bonchev–Trinajstić information content (AvgIpc) is 2.80. The number of nitrogens with zero attached hydrogens (tertiary/aromatic N) is 2. The van der Waals surface area contributed by atoms with Crippen molar-refractivity contribution in [3.05, 3.63) is 49.1 Å². The summed E-state index contributed by atoms with van der Waals surface area (Å²) in [7, 11) is 0. The summed E-state index contributed by atoms with van der Waals surface area (Å²) in [6, 6.07) is 8.04. The van der Waals surface area contributed by atoms with Crippen LogP contribution in [-0.2, 0) is 22.7 Å². The fraction of sp³-hybridized carbons (Fsp3) is 0.538. The van der Waals surface area contributed by atoms with E-state index in [1.54, 1.807) is 0 Å². The Morgan fingerprint density at radius 1 is 0.625 bits per heavy atom. The van der Waals surface area contributed by atoms with E-state index >= 15 is 0 Å². The van der Waals surface area contributed by atoms with Crippen molar-refractivity contribution < 1.29 is 18.7 Å². The quantitative estimate of drug-likeness (QED) is 0.330. The van der Waals surface area contributed by atoms with Gasteiger partial charge in [-0.25, -0.2) is 0 Å². The largest absolute Gasteiger partial charge is 0.351 e. The number of amides is 2. The van der Waals surface area contributed by atoms with Crippen molar-refractivity contribution >= 4 is 11.8 Å². The predicted molar refractivity (Wildman–Crippen MR) is 127 cm³/mol. The van der Waals surface area contributed by atoms with Gasteiger partial charge in [-0.15, -0.1) is 0 Å². The summed E-state index contributed by atoms with van der Waals surface area (Å²) in [4.78, 5) is 24.1. The van der Waals surface area contributed by atoms with E-state index in [-0.39, 0.29) is 11.8 Å². The van der Waals surface area contributed by atoms with Crippen LogP contribution in [0.1, 0.15) is 65.2 Å². The number of nitrogens with one attached hydrogen (secondary N) is 2. The van der Waals surface area contributed by atoms with Crippen molar-refractivity contribution in [2.24, 2.45) is 0 Å². The van der Waals surface area contributed by atoms with Crippen LogP contribution in [0.25, 0.3) is 11.1 Å². The van der Waals surface area contributed by atoms with Gasteiger partial charge in [-0.05, 0) is 24.0 Å². The van der Waals surface area contributed by atoms with Gasteiger partial charge in [0.15, 0.2) is 24.8 Å². The van der Waals surface area contributed by atoms with Gasteiger partial charge >= 0.3 is 0 Å². The molecule has 2 amide bonds. The second-order valence-electron chi connectivity index (χ2n) is 8.34. The summed E-state index contributed by atoms with van der Waals surface area (Å²) in [5.74, 6) is 0.0901. The zero-order chi connectivity index (χ0) is 23.0. The molecule has 0 unspecified atom stereocenters. The molecule has 0 saturated carbocycles. The van der Waals surface area contributed by atoms with E-state index in [2.05, 4.69) is 24.5 Å². The first-order chi connectivity index (χ1) is 15.6. The molecule has 0 spiro atoms. The first-order valence-electron chi connectivity index (χ1n) is 12.1. The lowest BCUT2D eigenvalue weighted by molar-refractivity contribution is -0.684. The minimum Gasteiger partial charge on any atom is -0.351 e. The van der Waals surface area contributed by atoms with Crippen LogP contribution in [0.2, 0.25) is 0 Å². The predicted octanol–water partition coefficient (Wildman–Crippen LogP) is 3.32. The number of carbonyl (C=O) groups excluding carboxylic acids is 2. The smallest absolute Gasteiger partial charge is 0.285 e. The summed E-state index contributed by atoms with van der Waals surface area (Å²) in [6.45, 7) is 6.52. The van der Waals surface area contributed by atoms with Crippen molar-refractivity contribution in [1.82, 2.24) is 10.6 Å². The van der Waals surface area contributed by atoms with Crippen LogP contribution < -0.4 is 19.8 Å². The average molecular weight is 441 g/mol. The standard InChI is InChI=1S/C26H38N4O2/c1-3-5-7-9-15-27-25(31)21-29-17-11-23(12-18-29)24-13-19-30(20-14-24)22-26(32)28-16-10-8-6-4-2/h11-14,17-20H,3-10,15-16,21-22H2,1-2H3/p+2. The third-order valence-electron chi connectivity index (χ3n) is 5.47. The van der Waals surface area contributed by atoms with E-state index in [1.165, 1.54) is 38.5 Å². The van der Waals surface area contributed by atoms with Gasteiger partial charge in [-0.3, -0.25) is 9.59 Å². The molecule has 0 fully saturated rings. The highest BCUT2D eigenvalue weighted by molar-refractivity contribution is 5.74. The van der Waals surface area contributed by atoms with Crippen LogP contribution in [0.5, 0.6) is 0 Å². The maximum absolute atomic E-state index is 12.1. The summed E-state index contributed by atoms with van der Waals surface area (Å²) < 4.78 is 3.78. The molecule has 2 heterocycles. The van der Waals surface area contributed by atoms with Crippen LogP contribution in [-0.4, -0.2) is 24.9 Å². The van der Waals surface area contributed by atoms with Gasteiger partial charge in [-0.1, -0.05) is 52.4 Å². The molecule has 6 nitrogen and oxygen atoms in total. The molecule has 6 heteroatoms. The fourth-order valence-electron chi connectivity index (χ4n) is 3.51. The number of hydrogen-bond donors (Lipinski definition) is 2. The Morgan fingerprint density at radius 2 is 1.00 bits per heavy atom. The molecular formula is C26H40N4O2+2. The highest BCUT2D eigenvalue weighted by atomic mass is 16.2. The lowest BCUT2D eigenvalue weighted by Crippen LogP contribution is -2.42. The lowest BCUT2D eigenvalue weighted by Gasteiger charge is -2.04. The van der Waals surface area contributed by atoms with Gasteiger partial charge in [0.05, 0.1) is 0 Å². The lowest BCUT2D eigenvalue weighted by atomic mass is 10.1. The molecule has 0 bridgehead atoms. The maximum atomic E-state index is 12.1. The Kier molecular flexibility index (Phi) is 12.0. The van der Waals surface area contributed by atoms with Crippen LogP contribution >= 0.6 is 0 Å². The first kappa shape index (κ1) is 25.5. The number of aromatic nitrogens is 2. The minimum absolute atomic E-state index is 0.0450. The Hall–Kier alpha value is -2.76. The summed E-state index contributed by atoms with van der Waals surface area (Å²) >= 11 is 0. The monoisotopic (exact) mass is 440 g/mol. The number of hydrogen-bond acceptors (Lipinski definition) is 2. The van der Waals surface area contributed by atoms with Gasteiger partial charge in [-0.2, -0.15) is 9.13 Å². The van der Waals surface area contributed by atoms with Crippen LogP contribution in [0, 0.1) is 0 Å². The third kappa shape index (κ3) is 10.0. The van der Waals surface area contributed by atoms with Crippen molar-refractivity contribution in [1.29, 1.82) is 0 Å². The van der Waals surface area contributed by atoms with E-state index in [0.29, 0.717) is 13.1 Å². The molecule has 2 aromatic rings. The molecule has 0 aromatic carbocycles. The SMILES string of the molecule is CCCCCCNC(=O)C[n+]1ccc(-c2cc[n+](CC(=O)NCCCCCC)cc2)cc1. The van der Waals surface area contributed by atoms with E-state index in [4.69, 9.17) is 0 Å². The Balaban J connectivity index is 1.76. The molecule has 2 N–H and O–H groups in total. The number of unbranched alkanes of at least 4 members (excludes halogenated alkanes) is 6. The van der Waals surface area contributed by atoms with Crippen molar-refractivity contribution in [2.75, 3.05) is 13.1 Å². The Labute approximate surface area is 193 Å². The zero-order valence-corrected chi connectivity index (χ0v) is 19.8. The van der Waals surface area contributed by atoms with Gasteiger partial charge in [0.1, 0.15) is 0 Å². The topological polar surface area (TPSA) is 66.0 Å². The molecule has 0 aliphatic rings. The number of pyridine rings is 2. The van der Waals surface area contributed by atoms with Crippen molar-refractivity contribution in [3.63, 3.8) is 0 Å². The Bertz CT molecular complexity index is 734. The van der Waals surface area contributed by atoms with Gasteiger partial charge in [0.25, 0.3) is 11.8 Å². The molecule has 174 valence electrons. The molecule has 0 saturated heterocycles.